The number of hydrogen-bond donors (Lipinski definition) is 2. The van der Waals surface area contributed by atoms with E-state index in [0.29, 0.717) is 0 Å². The predicted octanol–water partition coefficient (Wildman–Crippen LogP) is 1.56. The number of amides is 1. The first kappa shape index (κ1) is 20.6. The number of nitrogens with one attached hydrogen (secondary N) is 1. The molecule has 154 valence electrons. The minimum absolute atomic E-state index is 0.159. The molecule has 1 atom stereocenters. The molecule has 0 saturated heterocycles. The van der Waals surface area contributed by atoms with Gasteiger partial charge in [-0.15, -0.1) is 0 Å². The van der Waals surface area contributed by atoms with E-state index in [1.54, 1.807) is 0 Å². The molecule has 1 aromatic carbocycles. The maximum absolute atomic E-state index is 14.5. The van der Waals surface area contributed by atoms with Crippen LogP contribution in [0.5, 0.6) is 0 Å². The molecule has 29 heavy (non-hydrogen) atoms. The first-order valence-electron chi connectivity index (χ1n) is 8.17. The maximum Gasteiger partial charge on any atom is 0.274 e. The summed E-state index contributed by atoms with van der Waals surface area (Å²) < 4.78 is 67.0. The molecule has 3 rings (SSSR count). The number of hydrogen-bond acceptors (Lipinski definition) is 6. The van der Waals surface area contributed by atoms with Crippen LogP contribution < -0.4 is 11.1 Å². The van der Waals surface area contributed by atoms with Gasteiger partial charge in [-0.25, -0.2) is 35.9 Å². The van der Waals surface area contributed by atoms with Crippen LogP contribution in [0.3, 0.4) is 0 Å². The number of benzene rings is 1. The van der Waals surface area contributed by atoms with Crippen LogP contribution in [-0.4, -0.2) is 42.4 Å². The minimum atomic E-state index is -3.92. The van der Waals surface area contributed by atoms with E-state index in [0.717, 1.165) is 34.8 Å². The Morgan fingerprint density at radius 1 is 1.28 bits per heavy atom. The standard InChI is InChI=1S/C17H16F3N5O3S/c1-17(8-29(27,28)25(2)16(21)24-17)11-5-10(6-12(19)14(11)20)23-15(26)13-4-3-9(18)7-22-13/h3-7H,8H2,1-2H3,(H2,21,24)(H,23,26)/t17-/m0/s1. The molecule has 0 radical (unpaired) electrons. The van der Waals surface area contributed by atoms with E-state index in [2.05, 4.69) is 15.3 Å². The van der Waals surface area contributed by atoms with Crippen LogP contribution in [0.4, 0.5) is 18.9 Å². The number of rotatable bonds is 3. The van der Waals surface area contributed by atoms with Gasteiger partial charge in [0.05, 0.1) is 11.9 Å². The van der Waals surface area contributed by atoms with Crippen molar-refractivity contribution in [1.82, 2.24) is 9.29 Å². The van der Waals surface area contributed by atoms with E-state index in [1.807, 2.05) is 0 Å². The average Bonchev–Trinajstić information content (AvgIpc) is 2.62. The van der Waals surface area contributed by atoms with Gasteiger partial charge < -0.3 is 11.1 Å². The van der Waals surface area contributed by atoms with Crippen LogP contribution in [0.25, 0.3) is 0 Å². The molecule has 0 unspecified atom stereocenters. The summed E-state index contributed by atoms with van der Waals surface area (Å²) in [6.07, 6.45) is 0.827. The van der Waals surface area contributed by atoms with Gasteiger partial charge in [-0.05, 0) is 25.1 Å². The number of anilines is 1. The summed E-state index contributed by atoms with van der Waals surface area (Å²) in [5, 5.41) is 2.31. The van der Waals surface area contributed by atoms with E-state index in [-0.39, 0.29) is 17.3 Å². The molecule has 12 heteroatoms. The number of guanidine groups is 1. The van der Waals surface area contributed by atoms with Gasteiger partial charge in [-0.2, -0.15) is 0 Å². The average molecular weight is 427 g/mol. The number of aromatic nitrogens is 1. The lowest BCUT2D eigenvalue weighted by Crippen LogP contribution is -2.50. The van der Waals surface area contributed by atoms with Gasteiger partial charge in [-0.1, -0.05) is 0 Å². The van der Waals surface area contributed by atoms with Crippen LogP contribution in [0, 0.1) is 17.5 Å². The lowest BCUT2D eigenvalue weighted by molar-refractivity contribution is 0.102. The predicted molar refractivity (Wildman–Crippen MR) is 99.0 cm³/mol. The first-order valence-corrected chi connectivity index (χ1v) is 9.78. The zero-order chi connectivity index (χ0) is 21.6. The number of nitrogens with two attached hydrogens (primary N) is 1. The molecule has 1 aromatic heterocycles. The summed E-state index contributed by atoms with van der Waals surface area (Å²) >= 11 is 0. The molecule has 1 aliphatic heterocycles. The van der Waals surface area contributed by atoms with Gasteiger partial charge in [0.2, 0.25) is 16.0 Å². The molecule has 3 N–H and O–H groups in total. The molecule has 0 spiro atoms. The topological polar surface area (TPSA) is 118 Å². The van der Waals surface area contributed by atoms with Gasteiger partial charge >= 0.3 is 0 Å². The summed E-state index contributed by atoms with van der Waals surface area (Å²) in [6, 6.07) is 3.92. The quantitative estimate of drug-likeness (QED) is 0.771. The zero-order valence-corrected chi connectivity index (χ0v) is 16.1. The van der Waals surface area contributed by atoms with Crippen molar-refractivity contribution in [2.75, 3.05) is 18.1 Å². The van der Waals surface area contributed by atoms with Crippen molar-refractivity contribution in [2.45, 2.75) is 12.5 Å². The number of nitrogens with zero attached hydrogens (tertiary/aromatic N) is 3. The summed E-state index contributed by atoms with van der Waals surface area (Å²) in [4.78, 5) is 19.8. The minimum Gasteiger partial charge on any atom is -0.369 e. The van der Waals surface area contributed by atoms with Gasteiger partial charge in [0.15, 0.2) is 11.6 Å². The fraction of sp³-hybridized carbons (Fsp3) is 0.235. The molecular weight excluding hydrogens is 411 g/mol. The van der Waals surface area contributed by atoms with E-state index < -0.39 is 50.2 Å². The molecule has 1 amide bonds. The Bertz CT molecular complexity index is 1120. The fourth-order valence-corrected chi connectivity index (χ4v) is 4.30. The Labute approximate surface area is 164 Å². The molecular formula is C17H16F3N5O3S. The van der Waals surface area contributed by atoms with Gasteiger partial charge in [0.1, 0.15) is 17.1 Å². The Morgan fingerprint density at radius 2 is 1.97 bits per heavy atom. The van der Waals surface area contributed by atoms with E-state index in [4.69, 9.17) is 5.73 Å². The molecule has 2 aromatic rings. The summed E-state index contributed by atoms with van der Waals surface area (Å²) in [6.45, 7) is 1.29. The van der Waals surface area contributed by atoms with Gasteiger partial charge in [-0.3, -0.25) is 4.79 Å². The number of carbonyl (C=O) groups excluding carboxylic acids is 1. The molecule has 8 nitrogen and oxygen atoms in total. The van der Waals surface area contributed by atoms with Crippen molar-refractivity contribution >= 4 is 27.6 Å². The maximum atomic E-state index is 14.5. The van der Waals surface area contributed by atoms with E-state index in [9.17, 15) is 26.4 Å². The van der Waals surface area contributed by atoms with Crippen LogP contribution in [0.2, 0.25) is 0 Å². The van der Waals surface area contributed by atoms with Crippen molar-refractivity contribution in [1.29, 1.82) is 0 Å². The van der Waals surface area contributed by atoms with Crippen molar-refractivity contribution in [3.05, 3.63) is 59.2 Å². The highest BCUT2D eigenvalue weighted by molar-refractivity contribution is 7.89. The third-order valence-electron chi connectivity index (χ3n) is 4.39. The van der Waals surface area contributed by atoms with Crippen LogP contribution in [0.1, 0.15) is 23.0 Å². The van der Waals surface area contributed by atoms with Crippen molar-refractivity contribution in [3.8, 4) is 0 Å². The lowest BCUT2D eigenvalue weighted by atomic mass is 9.93. The van der Waals surface area contributed by atoms with Crippen LogP contribution in [0.15, 0.2) is 35.5 Å². The summed E-state index contributed by atoms with van der Waals surface area (Å²) in [7, 11) is -2.73. The highest BCUT2D eigenvalue weighted by atomic mass is 32.2. The Kier molecular flexibility index (Phi) is 4.99. The number of carbonyl (C=O) groups is 1. The second kappa shape index (κ2) is 7.03. The molecule has 0 bridgehead atoms. The highest BCUT2D eigenvalue weighted by Crippen LogP contribution is 2.35. The summed E-state index contributed by atoms with van der Waals surface area (Å²) in [5.41, 5.74) is 3.18. The molecule has 0 fully saturated rings. The van der Waals surface area contributed by atoms with Crippen LogP contribution >= 0.6 is 0 Å². The van der Waals surface area contributed by atoms with E-state index in [1.165, 1.54) is 14.0 Å². The third-order valence-corrected chi connectivity index (χ3v) is 6.34. The van der Waals surface area contributed by atoms with Crippen LogP contribution in [-0.2, 0) is 15.6 Å². The number of aliphatic imine (C=N–C) groups is 1. The molecule has 0 aliphatic carbocycles. The SMILES string of the molecule is CN1C(N)=N[C@](C)(c2cc(NC(=O)c3ccc(F)cn3)cc(F)c2F)CS1(=O)=O. The highest BCUT2D eigenvalue weighted by Gasteiger charge is 2.42. The number of pyridine rings is 1. The van der Waals surface area contributed by atoms with Crippen molar-refractivity contribution in [2.24, 2.45) is 10.7 Å². The molecule has 2 heterocycles. The Morgan fingerprint density at radius 3 is 2.55 bits per heavy atom. The second-order valence-corrected chi connectivity index (χ2v) is 8.60. The normalized spacial score (nSPS) is 20.9. The van der Waals surface area contributed by atoms with E-state index >= 15 is 0 Å². The number of sulfonamides is 1. The van der Waals surface area contributed by atoms with Gasteiger partial charge in [0.25, 0.3) is 5.91 Å². The molecule has 1 aliphatic rings. The van der Waals surface area contributed by atoms with Gasteiger partial charge in [0, 0.05) is 24.4 Å². The summed E-state index contributed by atoms with van der Waals surface area (Å²) in [5.74, 6) is -5.14. The smallest absolute Gasteiger partial charge is 0.274 e. The fourth-order valence-electron chi connectivity index (χ4n) is 2.85. The third kappa shape index (κ3) is 3.88. The molecule has 0 saturated carbocycles. The van der Waals surface area contributed by atoms with Crippen molar-refractivity contribution < 1.29 is 26.4 Å². The first-order chi connectivity index (χ1) is 13.4. The van der Waals surface area contributed by atoms with Crippen molar-refractivity contribution in [3.63, 3.8) is 0 Å². The lowest BCUT2D eigenvalue weighted by Gasteiger charge is -2.34. The zero-order valence-electron chi connectivity index (χ0n) is 15.3. The second-order valence-electron chi connectivity index (χ2n) is 6.60. The Balaban J connectivity index is 2.02. The largest absolute Gasteiger partial charge is 0.369 e. The number of halogens is 3. The Hall–Kier alpha value is -3.15. The monoisotopic (exact) mass is 427 g/mol.